The lowest BCUT2D eigenvalue weighted by atomic mass is 9.72. The second-order valence-corrected chi connectivity index (χ2v) is 7.62. The number of carbonyl (C=O) groups is 3. The van der Waals surface area contributed by atoms with E-state index in [1.165, 1.54) is 6.07 Å². The molecule has 2 rings (SSSR count). The highest BCUT2D eigenvalue weighted by atomic mass is 16.7. The van der Waals surface area contributed by atoms with Crippen LogP contribution in [0.15, 0.2) is 18.2 Å². The number of nitrogens with one attached hydrogen (secondary N) is 1. The Hall–Kier alpha value is -2.99. The largest absolute Gasteiger partial charge is 0.547 e. The van der Waals surface area contributed by atoms with E-state index in [4.69, 9.17) is 20.6 Å². The summed E-state index contributed by atoms with van der Waals surface area (Å²) in [7, 11) is -1.34. The molecule has 2 N–H and O–H groups in total. The van der Waals surface area contributed by atoms with Gasteiger partial charge < -0.3 is 24.5 Å². The van der Waals surface area contributed by atoms with E-state index in [1.54, 1.807) is 32.9 Å². The van der Waals surface area contributed by atoms with Crippen LogP contribution in [0.4, 0.5) is 0 Å². The highest BCUT2D eigenvalue weighted by Gasteiger charge is 2.37. The van der Waals surface area contributed by atoms with Crippen molar-refractivity contribution in [2.24, 2.45) is 5.41 Å². The summed E-state index contributed by atoms with van der Waals surface area (Å²) in [5, 5.41) is 12.9. The average molecular weight is 401 g/mol. The molecule has 0 spiro atoms. The highest BCUT2D eigenvalue weighted by Crippen LogP contribution is 2.30. The van der Waals surface area contributed by atoms with Crippen molar-refractivity contribution in [3.05, 3.63) is 29.3 Å². The Morgan fingerprint density at radius 2 is 2.07 bits per heavy atom. The molecule has 0 saturated carbocycles. The summed E-state index contributed by atoms with van der Waals surface area (Å²) in [6, 6.07) is 4.83. The van der Waals surface area contributed by atoms with Crippen LogP contribution < -0.4 is 9.97 Å². The first-order valence-corrected chi connectivity index (χ1v) is 9.17. The smallest absolute Gasteiger partial charge is 0.534 e. The molecule has 154 valence electrons. The van der Waals surface area contributed by atoms with E-state index in [0.29, 0.717) is 12.0 Å². The maximum Gasteiger partial charge on any atom is 0.547 e. The number of hydrogen-bond donors (Lipinski definition) is 2. The van der Waals surface area contributed by atoms with Crippen LogP contribution in [0.25, 0.3) is 0 Å². The summed E-state index contributed by atoms with van der Waals surface area (Å²) < 4.78 is 15.4. The van der Waals surface area contributed by atoms with E-state index >= 15 is 0 Å². The van der Waals surface area contributed by atoms with Crippen LogP contribution in [0.1, 0.15) is 49.5 Å². The lowest BCUT2D eigenvalue weighted by molar-refractivity contribution is -0.161. The molecule has 0 fully saturated rings. The van der Waals surface area contributed by atoms with Gasteiger partial charge in [0.25, 0.3) is 0 Å². The molecule has 1 heterocycles. The molecule has 0 aromatic heterocycles. The standard InChI is InChI=1S/C20H24BNO7/c1-5-6-10-16(23)22-15-11-13-8-7-9-14(17(13)29-21(15)26)18(24)27-12-28-19(25)20(2,3)4/h1,7-9,15,26H,6,10-12H2,2-4H3,(H,22,23). The number of terminal acetylenes is 1. The maximum atomic E-state index is 12.4. The molecule has 29 heavy (non-hydrogen) atoms. The van der Waals surface area contributed by atoms with Gasteiger partial charge in [-0.3, -0.25) is 9.59 Å². The molecule has 1 atom stereocenters. The van der Waals surface area contributed by atoms with Crippen LogP contribution in [-0.4, -0.2) is 42.7 Å². The Labute approximate surface area is 170 Å². The molecule has 9 heteroatoms. The molecule has 1 aromatic carbocycles. The summed E-state index contributed by atoms with van der Waals surface area (Å²) in [6.07, 6.45) is 5.84. The average Bonchev–Trinajstić information content (AvgIpc) is 2.65. The zero-order valence-electron chi connectivity index (χ0n) is 16.7. The van der Waals surface area contributed by atoms with Crippen LogP contribution in [0.5, 0.6) is 5.75 Å². The Balaban J connectivity index is 2.03. The van der Waals surface area contributed by atoms with E-state index in [1.807, 2.05) is 0 Å². The minimum absolute atomic E-state index is 0.0884. The maximum absolute atomic E-state index is 12.4. The Kier molecular flexibility index (Phi) is 7.29. The summed E-state index contributed by atoms with van der Waals surface area (Å²) in [5.41, 5.74) is -0.00488. The molecular formula is C20H24BNO7. The molecule has 1 aromatic rings. The van der Waals surface area contributed by atoms with Crippen LogP contribution in [0.3, 0.4) is 0 Å². The molecule has 0 saturated heterocycles. The quantitative estimate of drug-likeness (QED) is 0.319. The molecule has 1 amide bonds. The van der Waals surface area contributed by atoms with Crippen LogP contribution >= 0.6 is 0 Å². The fourth-order valence-corrected chi connectivity index (χ4v) is 2.60. The number of amides is 1. The second kappa shape index (κ2) is 9.48. The number of hydrogen-bond acceptors (Lipinski definition) is 7. The molecule has 1 aliphatic rings. The van der Waals surface area contributed by atoms with Gasteiger partial charge in [0.15, 0.2) is 0 Å². The van der Waals surface area contributed by atoms with E-state index in [9.17, 15) is 19.4 Å². The van der Waals surface area contributed by atoms with Crippen LogP contribution in [-0.2, 0) is 25.5 Å². The van der Waals surface area contributed by atoms with Gasteiger partial charge >= 0.3 is 19.1 Å². The SMILES string of the molecule is C#CCCC(=O)NC1Cc2cccc(C(=O)OCOC(=O)C(C)(C)C)c2OB1O. The van der Waals surface area contributed by atoms with Gasteiger partial charge in [0.05, 0.1) is 11.4 Å². The Morgan fingerprint density at radius 1 is 1.34 bits per heavy atom. The minimum atomic E-state index is -1.34. The molecule has 8 nitrogen and oxygen atoms in total. The lowest BCUT2D eigenvalue weighted by Gasteiger charge is -2.29. The van der Waals surface area contributed by atoms with Crippen LogP contribution in [0, 0.1) is 17.8 Å². The molecule has 0 aliphatic carbocycles. The predicted octanol–water partition coefficient (Wildman–Crippen LogP) is 1.24. The molecular weight excluding hydrogens is 377 g/mol. The van der Waals surface area contributed by atoms with E-state index < -0.39 is 37.2 Å². The van der Waals surface area contributed by atoms with E-state index in [-0.39, 0.29) is 30.1 Å². The number of benzene rings is 1. The number of para-hydroxylation sites is 1. The first-order valence-electron chi connectivity index (χ1n) is 9.17. The van der Waals surface area contributed by atoms with Crippen molar-refractivity contribution in [1.82, 2.24) is 5.32 Å². The molecule has 1 unspecified atom stereocenters. The number of esters is 2. The summed E-state index contributed by atoms with van der Waals surface area (Å²) >= 11 is 0. The van der Waals surface area contributed by atoms with Gasteiger partial charge in [-0.15, -0.1) is 12.3 Å². The summed E-state index contributed by atoms with van der Waals surface area (Å²) in [6.45, 7) is 4.51. The lowest BCUT2D eigenvalue weighted by Crippen LogP contribution is -2.53. The normalized spacial score (nSPS) is 15.4. The van der Waals surface area contributed by atoms with Crippen molar-refractivity contribution >= 4 is 25.0 Å². The predicted molar refractivity (Wildman–Crippen MR) is 105 cm³/mol. The first kappa shape index (κ1) is 22.3. The highest BCUT2D eigenvalue weighted by molar-refractivity contribution is 6.47. The Bertz CT molecular complexity index is 825. The monoisotopic (exact) mass is 401 g/mol. The number of rotatable bonds is 6. The first-order chi connectivity index (χ1) is 13.6. The minimum Gasteiger partial charge on any atom is -0.534 e. The van der Waals surface area contributed by atoms with Crippen molar-refractivity contribution in [2.75, 3.05) is 6.79 Å². The van der Waals surface area contributed by atoms with Gasteiger partial charge in [-0.2, -0.15) is 0 Å². The summed E-state index contributed by atoms with van der Waals surface area (Å²) in [5.74, 6) is 0.313. The van der Waals surface area contributed by atoms with Gasteiger partial charge in [0.2, 0.25) is 12.7 Å². The van der Waals surface area contributed by atoms with Crippen molar-refractivity contribution in [3.8, 4) is 18.1 Å². The van der Waals surface area contributed by atoms with Gasteiger partial charge in [-0.1, -0.05) is 12.1 Å². The zero-order valence-corrected chi connectivity index (χ0v) is 16.7. The van der Waals surface area contributed by atoms with Crippen molar-refractivity contribution in [2.45, 2.75) is 46.0 Å². The molecule has 0 bridgehead atoms. The van der Waals surface area contributed by atoms with Gasteiger partial charge in [0.1, 0.15) is 11.3 Å². The van der Waals surface area contributed by atoms with Gasteiger partial charge in [0, 0.05) is 12.8 Å². The molecule has 1 aliphatic heterocycles. The number of ether oxygens (including phenoxy) is 2. The topological polar surface area (TPSA) is 111 Å². The Morgan fingerprint density at radius 3 is 2.72 bits per heavy atom. The van der Waals surface area contributed by atoms with Gasteiger partial charge in [-0.05, 0) is 38.8 Å². The van der Waals surface area contributed by atoms with Gasteiger partial charge in [-0.25, -0.2) is 4.79 Å². The fraction of sp³-hybridized carbons (Fsp3) is 0.450. The molecule has 0 radical (unpaired) electrons. The second-order valence-electron chi connectivity index (χ2n) is 7.62. The number of fused-ring (bicyclic) bond motifs is 1. The van der Waals surface area contributed by atoms with Crippen molar-refractivity contribution < 1.29 is 33.5 Å². The third-order valence-electron chi connectivity index (χ3n) is 4.17. The van der Waals surface area contributed by atoms with E-state index in [2.05, 4.69) is 11.2 Å². The van der Waals surface area contributed by atoms with E-state index in [0.717, 1.165) is 0 Å². The van der Waals surface area contributed by atoms with Crippen molar-refractivity contribution in [3.63, 3.8) is 0 Å². The third kappa shape index (κ3) is 5.99. The zero-order chi connectivity index (χ0) is 21.6. The third-order valence-corrected chi connectivity index (χ3v) is 4.17. The van der Waals surface area contributed by atoms with Crippen LogP contribution in [0.2, 0.25) is 0 Å². The summed E-state index contributed by atoms with van der Waals surface area (Å²) in [4.78, 5) is 36.0. The van der Waals surface area contributed by atoms with Crippen molar-refractivity contribution in [1.29, 1.82) is 0 Å². The fourth-order valence-electron chi connectivity index (χ4n) is 2.60. The number of carbonyl (C=O) groups excluding carboxylic acids is 3.